The number of rotatable bonds is 0. The smallest absolute Gasteiger partial charge is 0.115 e. The van der Waals surface area contributed by atoms with E-state index in [0.717, 1.165) is 0 Å². The van der Waals surface area contributed by atoms with Gasteiger partial charge in [-0.15, -0.1) is 0 Å². The van der Waals surface area contributed by atoms with Gasteiger partial charge >= 0.3 is 0 Å². The van der Waals surface area contributed by atoms with Crippen LogP contribution < -0.4 is 0 Å². The summed E-state index contributed by atoms with van der Waals surface area (Å²) in [6, 6.07) is 1.78. The molecule has 1 heterocycles. The summed E-state index contributed by atoms with van der Waals surface area (Å²) in [6.07, 6.45) is 4.88. The zero-order valence-electron chi connectivity index (χ0n) is 3.70. The predicted molar refractivity (Wildman–Crippen MR) is 27.8 cm³/mol. The Morgan fingerprint density at radius 3 is 1.71 bits per heavy atom. The molecule has 0 atom stereocenters. The van der Waals surface area contributed by atoms with Crippen molar-refractivity contribution in [2.45, 2.75) is 0 Å². The maximum atomic E-state index is 3.67. The van der Waals surface area contributed by atoms with Gasteiger partial charge in [-0.3, -0.25) is 0 Å². The molecule has 3 heteroatoms. The second kappa shape index (κ2) is 4.05. The monoisotopic (exact) mass is 200 g/mol. The molecule has 0 fully saturated rings. The van der Waals surface area contributed by atoms with Crippen LogP contribution in [0.1, 0.15) is 0 Å². The second-order valence-corrected chi connectivity index (χ2v) is 0.904. The summed E-state index contributed by atoms with van der Waals surface area (Å²) in [5.41, 5.74) is 0. The van der Waals surface area contributed by atoms with Crippen LogP contribution >= 0.6 is 0 Å². The van der Waals surface area contributed by atoms with E-state index in [0.29, 0.717) is 0 Å². The van der Waals surface area contributed by atoms with Crippen LogP contribution in [0.3, 0.4) is 0 Å². The summed E-state index contributed by atoms with van der Waals surface area (Å²) in [5, 5.41) is 0. The van der Waals surface area contributed by atoms with Crippen molar-refractivity contribution in [2.24, 2.45) is 0 Å². The fourth-order valence-corrected chi connectivity index (χ4v) is 0.253. The topological polar surface area (TPSA) is 25.8 Å². The van der Waals surface area contributed by atoms with Crippen molar-refractivity contribution in [3.05, 3.63) is 24.8 Å². The minimum atomic E-state index is 0. The molecule has 0 aliphatic heterocycles. The van der Waals surface area contributed by atoms with Gasteiger partial charge in [0.2, 0.25) is 0 Å². The van der Waals surface area contributed by atoms with Crippen molar-refractivity contribution in [3.8, 4) is 0 Å². The van der Waals surface area contributed by atoms with E-state index in [-0.39, 0.29) is 23.9 Å². The maximum Gasteiger partial charge on any atom is 0.115 e. The number of aromatic nitrogens is 2. The Balaban J connectivity index is 0.000000360. The van der Waals surface area contributed by atoms with Gasteiger partial charge in [-0.1, -0.05) is 0 Å². The SMILES string of the molecule is [Sn].c1cncnc1. The van der Waals surface area contributed by atoms with Gasteiger partial charge in [0.05, 0.1) is 0 Å². The van der Waals surface area contributed by atoms with E-state index in [1.54, 1.807) is 18.5 Å². The first kappa shape index (κ1) is 6.88. The molecular weight excluding hydrogens is 195 g/mol. The average molecular weight is 199 g/mol. The van der Waals surface area contributed by atoms with E-state index in [2.05, 4.69) is 9.97 Å². The van der Waals surface area contributed by atoms with Gasteiger partial charge in [0.1, 0.15) is 6.33 Å². The van der Waals surface area contributed by atoms with Gasteiger partial charge in [-0.2, -0.15) is 0 Å². The first-order valence-electron chi connectivity index (χ1n) is 1.70. The van der Waals surface area contributed by atoms with Crippen LogP contribution in [-0.2, 0) is 0 Å². The van der Waals surface area contributed by atoms with Crippen LogP contribution in [0.4, 0.5) is 0 Å². The number of hydrogen-bond donors (Lipinski definition) is 0. The number of nitrogens with zero attached hydrogens (tertiary/aromatic N) is 2. The zero-order chi connectivity index (χ0) is 4.24. The Labute approximate surface area is 58.9 Å². The van der Waals surface area contributed by atoms with Crippen LogP contribution in [0.25, 0.3) is 0 Å². The van der Waals surface area contributed by atoms with Crippen LogP contribution in [0.15, 0.2) is 24.8 Å². The summed E-state index contributed by atoms with van der Waals surface area (Å²) in [5.74, 6) is 0. The first-order chi connectivity index (χ1) is 3.00. The molecule has 0 N–H and O–H groups in total. The molecule has 0 bridgehead atoms. The normalized spacial score (nSPS) is 6.86. The Morgan fingerprint density at radius 1 is 1.00 bits per heavy atom. The Bertz CT molecular complexity index is 81.6. The van der Waals surface area contributed by atoms with E-state index >= 15 is 0 Å². The summed E-state index contributed by atoms with van der Waals surface area (Å²) in [7, 11) is 0. The molecule has 2 nitrogen and oxygen atoms in total. The van der Waals surface area contributed by atoms with Gasteiger partial charge in [0.15, 0.2) is 0 Å². The van der Waals surface area contributed by atoms with E-state index in [4.69, 9.17) is 0 Å². The van der Waals surface area contributed by atoms with Gasteiger partial charge < -0.3 is 0 Å². The molecule has 0 aliphatic rings. The summed E-state index contributed by atoms with van der Waals surface area (Å²) in [6.45, 7) is 0. The molecule has 7 heavy (non-hydrogen) atoms. The minimum Gasteiger partial charge on any atom is -0.245 e. The van der Waals surface area contributed by atoms with Crippen molar-refractivity contribution < 1.29 is 0 Å². The Kier molecular flexibility index (Phi) is 3.98. The summed E-state index contributed by atoms with van der Waals surface area (Å²) < 4.78 is 0. The van der Waals surface area contributed by atoms with Crippen LogP contribution in [-0.4, -0.2) is 33.9 Å². The summed E-state index contributed by atoms with van der Waals surface area (Å²) >= 11 is 0. The molecule has 0 saturated heterocycles. The van der Waals surface area contributed by atoms with Crippen molar-refractivity contribution in [2.75, 3.05) is 0 Å². The third kappa shape index (κ3) is 2.56. The third-order valence-electron chi connectivity index (χ3n) is 0.478. The average Bonchev–Trinajstić information content (AvgIpc) is 1.72. The molecule has 0 aromatic carbocycles. The molecular formula is C4H4N2Sn. The van der Waals surface area contributed by atoms with Gasteiger partial charge in [-0.25, -0.2) is 9.97 Å². The predicted octanol–water partition coefficient (Wildman–Crippen LogP) is 0.0958. The Hall–Kier alpha value is -0.121. The fourth-order valence-electron chi connectivity index (χ4n) is 0.253. The molecule has 4 radical (unpaired) electrons. The molecule has 0 saturated carbocycles. The van der Waals surface area contributed by atoms with Crippen molar-refractivity contribution >= 4 is 23.9 Å². The van der Waals surface area contributed by atoms with Gasteiger partial charge in [-0.05, 0) is 6.07 Å². The van der Waals surface area contributed by atoms with Crippen LogP contribution in [0.2, 0.25) is 0 Å². The molecule has 0 unspecified atom stereocenters. The Morgan fingerprint density at radius 2 is 1.57 bits per heavy atom. The second-order valence-electron chi connectivity index (χ2n) is 0.904. The van der Waals surface area contributed by atoms with Crippen molar-refractivity contribution in [3.63, 3.8) is 0 Å². The van der Waals surface area contributed by atoms with Crippen LogP contribution in [0.5, 0.6) is 0 Å². The van der Waals surface area contributed by atoms with Crippen molar-refractivity contribution in [1.29, 1.82) is 0 Å². The van der Waals surface area contributed by atoms with E-state index in [1.165, 1.54) is 6.33 Å². The maximum absolute atomic E-state index is 3.67. The van der Waals surface area contributed by atoms with E-state index < -0.39 is 0 Å². The first-order valence-corrected chi connectivity index (χ1v) is 1.70. The van der Waals surface area contributed by atoms with Gasteiger partial charge in [0, 0.05) is 36.3 Å². The zero-order valence-corrected chi connectivity index (χ0v) is 6.56. The van der Waals surface area contributed by atoms with Gasteiger partial charge in [0.25, 0.3) is 0 Å². The third-order valence-corrected chi connectivity index (χ3v) is 0.478. The largest absolute Gasteiger partial charge is 0.245 e. The van der Waals surface area contributed by atoms with E-state index in [9.17, 15) is 0 Å². The standard InChI is InChI=1S/C4H4N2.Sn/c1-2-5-4-6-3-1;/h1-4H;. The van der Waals surface area contributed by atoms with E-state index in [1.807, 2.05) is 0 Å². The molecule has 1 aromatic heterocycles. The molecule has 1 aromatic rings. The molecule has 0 spiro atoms. The number of hydrogen-bond acceptors (Lipinski definition) is 2. The molecule has 1 rings (SSSR count). The quantitative estimate of drug-likeness (QED) is 0.553. The van der Waals surface area contributed by atoms with Crippen LogP contribution in [0, 0.1) is 0 Å². The molecule has 34 valence electrons. The molecule has 0 aliphatic carbocycles. The van der Waals surface area contributed by atoms with Crippen molar-refractivity contribution in [1.82, 2.24) is 9.97 Å². The fraction of sp³-hybridized carbons (Fsp3) is 0. The minimum absolute atomic E-state index is 0. The summed E-state index contributed by atoms with van der Waals surface area (Å²) in [4.78, 5) is 7.35. The molecule has 0 amide bonds.